The van der Waals surface area contributed by atoms with Crippen LogP contribution in [-0.2, 0) is 11.0 Å². The molecule has 2 unspecified atom stereocenters. The van der Waals surface area contributed by atoms with E-state index in [-0.39, 0.29) is 42.7 Å². The average molecular weight is 430 g/mol. The first kappa shape index (κ1) is 26.0. The summed E-state index contributed by atoms with van der Waals surface area (Å²) in [7, 11) is 0. The summed E-state index contributed by atoms with van der Waals surface area (Å²) in [5, 5.41) is 6.13. The molecule has 2 atom stereocenters. The van der Waals surface area contributed by atoms with Gasteiger partial charge in [-0.05, 0) is 43.8 Å². The molecule has 1 aliphatic rings. The Kier molecular flexibility index (Phi) is 11.3. The lowest BCUT2D eigenvalue weighted by Gasteiger charge is -2.30. The first-order valence-corrected chi connectivity index (χ1v) is 8.76. The van der Waals surface area contributed by atoms with Crippen molar-refractivity contribution in [3.8, 4) is 0 Å². The number of hydrogen-bond acceptors (Lipinski definition) is 3. The molecule has 1 saturated heterocycles. The van der Waals surface area contributed by atoms with Gasteiger partial charge in [0.2, 0.25) is 5.91 Å². The topological polar surface area (TPSA) is 44.4 Å². The number of benzene rings is 1. The number of nitrogens with zero attached hydrogens (tertiary/aromatic N) is 1. The Hall–Kier alpha value is -1.02. The molecule has 2 rings (SSSR count). The molecule has 1 aliphatic heterocycles. The van der Waals surface area contributed by atoms with Gasteiger partial charge in [0.1, 0.15) is 0 Å². The predicted molar refractivity (Wildman–Crippen MR) is 106 cm³/mol. The van der Waals surface area contributed by atoms with Gasteiger partial charge in [-0.1, -0.05) is 26.0 Å². The van der Waals surface area contributed by atoms with Gasteiger partial charge in [0.05, 0.1) is 17.5 Å². The number of carbonyl (C=O) groups excluding carboxylic acids is 1. The number of rotatable bonds is 7. The third-order valence-electron chi connectivity index (χ3n) is 4.78. The molecule has 1 fully saturated rings. The number of carbonyl (C=O) groups is 1. The van der Waals surface area contributed by atoms with Crippen molar-refractivity contribution in [3.63, 3.8) is 0 Å². The molecule has 0 radical (unpaired) electrons. The Morgan fingerprint density at radius 2 is 1.81 bits per heavy atom. The molecule has 1 aromatic carbocycles. The van der Waals surface area contributed by atoms with Crippen LogP contribution in [-0.4, -0.2) is 43.5 Å². The van der Waals surface area contributed by atoms with Crippen molar-refractivity contribution in [3.05, 3.63) is 35.4 Å². The third kappa shape index (κ3) is 7.14. The monoisotopic (exact) mass is 429 g/mol. The molecule has 1 heterocycles. The fourth-order valence-corrected chi connectivity index (χ4v) is 3.24. The highest BCUT2D eigenvalue weighted by molar-refractivity contribution is 5.85. The average Bonchev–Trinajstić information content (AvgIpc) is 3.12. The van der Waals surface area contributed by atoms with Crippen LogP contribution in [0.25, 0.3) is 0 Å². The summed E-state index contributed by atoms with van der Waals surface area (Å²) in [4.78, 5) is 14.4. The SMILES string of the molecule is CCN(CC)C(CNC(=O)C1CCNC1)c1ccc(C(F)(F)F)cc1.Cl.Cl. The van der Waals surface area contributed by atoms with Crippen LogP contribution in [0.4, 0.5) is 13.2 Å². The maximum atomic E-state index is 12.8. The smallest absolute Gasteiger partial charge is 0.354 e. The summed E-state index contributed by atoms with van der Waals surface area (Å²) < 4.78 is 38.3. The third-order valence-corrected chi connectivity index (χ3v) is 4.78. The van der Waals surface area contributed by atoms with E-state index >= 15 is 0 Å². The number of likely N-dealkylation sites (N-methyl/N-ethyl adjacent to an activating group) is 1. The number of alkyl halides is 3. The van der Waals surface area contributed by atoms with Crippen molar-refractivity contribution >= 4 is 30.7 Å². The highest BCUT2D eigenvalue weighted by Crippen LogP contribution is 2.30. The van der Waals surface area contributed by atoms with Crippen molar-refractivity contribution < 1.29 is 18.0 Å². The van der Waals surface area contributed by atoms with E-state index in [2.05, 4.69) is 15.5 Å². The minimum Gasteiger partial charge on any atom is -0.354 e. The van der Waals surface area contributed by atoms with E-state index in [0.29, 0.717) is 13.1 Å². The Labute approximate surface area is 171 Å². The van der Waals surface area contributed by atoms with Crippen LogP contribution in [0.2, 0.25) is 0 Å². The van der Waals surface area contributed by atoms with Crippen molar-refractivity contribution in [2.75, 3.05) is 32.7 Å². The van der Waals surface area contributed by atoms with Crippen LogP contribution in [0.15, 0.2) is 24.3 Å². The molecule has 0 aliphatic carbocycles. The first-order chi connectivity index (χ1) is 11.9. The van der Waals surface area contributed by atoms with Gasteiger partial charge in [-0.15, -0.1) is 24.8 Å². The highest BCUT2D eigenvalue weighted by atomic mass is 35.5. The largest absolute Gasteiger partial charge is 0.416 e. The van der Waals surface area contributed by atoms with Gasteiger partial charge in [-0.25, -0.2) is 0 Å². The number of nitrogens with one attached hydrogen (secondary N) is 2. The summed E-state index contributed by atoms with van der Waals surface area (Å²) >= 11 is 0. The summed E-state index contributed by atoms with van der Waals surface area (Å²) in [5.41, 5.74) is 0.122. The van der Waals surface area contributed by atoms with Crippen molar-refractivity contribution in [2.24, 2.45) is 5.92 Å². The molecule has 9 heteroatoms. The summed E-state index contributed by atoms with van der Waals surface area (Å²) in [6, 6.07) is 5.09. The Morgan fingerprint density at radius 1 is 1.22 bits per heavy atom. The van der Waals surface area contributed by atoms with E-state index in [1.807, 2.05) is 13.8 Å². The highest BCUT2D eigenvalue weighted by Gasteiger charge is 2.31. The quantitative estimate of drug-likeness (QED) is 0.694. The molecule has 4 nitrogen and oxygen atoms in total. The van der Waals surface area contributed by atoms with Crippen molar-refractivity contribution in [1.82, 2.24) is 15.5 Å². The van der Waals surface area contributed by atoms with E-state index < -0.39 is 11.7 Å². The Morgan fingerprint density at radius 3 is 2.26 bits per heavy atom. The lowest BCUT2D eigenvalue weighted by Crippen LogP contribution is -2.40. The summed E-state index contributed by atoms with van der Waals surface area (Å²) in [5.74, 6) is -0.0148. The lowest BCUT2D eigenvalue weighted by molar-refractivity contribution is -0.137. The van der Waals surface area contributed by atoms with Gasteiger partial charge in [-0.2, -0.15) is 13.2 Å². The molecule has 27 heavy (non-hydrogen) atoms. The molecule has 1 amide bonds. The molecule has 0 saturated carbocycles. The summed E-state index contributed by atoms with van der Waals surface area (Å²) in [6.07, 6.45) is -3.52. The maximum Gasteiger partial charge on any atom is 0.416 e. The fourth-order valence-electron chi connectivity index (χ4n) is 3.24. The van der Waals surface area contributed by atoms with Crippen LogP contribution < -0.4 is 10.6 Å². The van der Waals surface area contributed by atoms with Crippen molar-refractivity contribution in [1.29, 1.82) is 0 Å². The number of hydrogen-bond donors (Lipinski definition) is 2. The van der Waals surface area contributed by atoms with E-state index in [1.165, 1.54) is 12.1 Å². The van der Waals surface area contributed by atoms with Crippen LogP contribution in [0.3, 0.4) is 0 Å². The Balaban J connectivity index is 0.00000338. The zero-order valence-corrected chi connectivity index (χ0v) is 17.1. The second-order valence-corrected chi connectivity index (χ2v) is 6.29. The van der Waals surface area contributed by atoms with Crippen LogP contribution in [0.1, 0.15) is 37.4 Å². The van der Waals surface area contributed by atoms with Gasteiger partial charge in [0.15, 0.2) is 0 Å². The van der Waals surface area contributed by atoms with E-state index in [9.17, 15) is 18.0 Å². The minimum atomic E-state index is -4.34. The van der Waals surface area contributed by atoms with Crippen LogP contribution >= 0.6 is 24.8 Å². The van der Waals surface area contributed by atoms with Crippen LogP contribution in [0.5, 0.6) is 0 Å². The molecule has 0 spiro atoms. The maximum absolute atomic E-state index is 12.8. The van der Waals surface area contributed by atoms with E-state index in [0.717, 1.165) is 43.8 Å². The van der Waals surface area contributed by atoms with Crippen LogP contribution in [0, 0.1) is 5.92 Å². The predicted octanol–water partition coefficient (Wildman–Crippen LogP) is 3.66. The first-order valence-electron chi connectivity index (χ1n) is 8.76. The standard InChI is InChI=1S/C18H26F3N3O.2ClH/c1-3-24(4-2)16(12-23-17(25)14-9-10-22-11-14)13-5-7-15(8-6-13)18(19,20)21;;/h5-8,14,16,22H,3-4,9-12H2,1-2H3,(H,23,25);2*1H. The van der Waals surface area contributed by atoms with Gasteiger partial charge in [0.25, 0.3) is 0 Å². The normalized spacial score (nSPS) is 17.8. The van der Waals surface area contributed by atoms with Gasteiger partial charge in [-0.3, -0.25) is 9.69 Å². The zero-order chi connectivity index (χ0) is 18.4. The zero-order valence-electron chi connectivity index (χ0n) is 15.5. The van der Waals surface area contributed by atoms with E-state index in [4.69, 9.17) is 0 Å². The fraction of sp³-hybridized carbons (Fsp3) is 0.611. The molecule has 2 N–H and O–H groups in total. The van der Waals surface area contributed by atoms with E-state index in [1.54, 1.807) is 0 Å². The number of amides is 1. The molecular formula is C18H28Cl2F3N3O. The summed E-state index contributed by atoms with van der Waals surface area (Å²) in [6.45, 7) is 7.43. The molecule has 0 bridgehead atoms. The Bertz CT molecular complexity index is 560. The second-order valence-electron chi connectivity index (χ2n) is 6.29. The molecule has 156 valence electrons. The minimum absolute atomic E-state index is 0. The molecular weight excluding hydrogens is 402 g/mol. The van der Waals surface area contributed by atoms with Crippen molar-refractivity contribution in [2.45, 2.75) is 32.5 Å². The molecule has 0 aromatic heterocycles. The number of halogens is 5. The van der Waals surface area contributed by atoms with Gasteiger partial charge < -0.3 is 10.6 Å². The molecule has 1 aromatic rings. The van der Waals surface area contributed by atoms with Gasteiger partial charge >= 0.3 is 6.18 Å². The second kappa shape index (κ2) is 11.7. The van der Waals surface area contributed by atoms with Gasteiger partial charge in [0, 0.05) is 13.1 Å². The lowest BCUT2D eigenvalue weighted by atomic mass is 10.0.